The van der Waals surface area contributed by atoms with Crippen molar-refractivity contribution in [1.82, 2.24) is 5.32 Å². The summed E-state index contributed by atoms with van der Waals surface area (Å²) in [6, 6.07) is 19.8. The molecule has 2 aromatic carbocycles. The summed E-state index contributed by atoms with van der Waals surface area (Å²) in [5.41, 5.74) is 4.20. The van der Waals surface area contributed by atoms with E-state index in [2.05, 4.69) is 59.9 Å². The predicted octanol–water partition coefficient (Wildman–Crippen LogP) is 3.52. The van der Waals surface area contributed by atoms with Gasteiger partial charge in [0, 0.05) is 6.04 Å². The molecular weight excluding hydrogens is 258 g/mol. The Kier molecular flexibility index (Phi) is 4.69. The van der Waals surface area contributed by atoms with Gasteiger partial charge in [0.2, 0.25) is 0 Å². The van der Waals surface area contributed by atoms with Crippen LogP contribution in [-0.2, 0) is 17.6 Å². The molecule has 0 radical (unpaired) electrons. The predicted molar refractivity (Wildman–Crippen MR) is 86.4 cm³/mol. The zero-order valence-electron chi connectivity index (χ0n) is 12.6. The summed E-state index contributed by atoms with van der Waals surface area (Å²) in [5.74, 6) is 0. The van der Waals surface area contributed by atoms with Gasteiger partial charge in [-0.1, -0.05) is 54.6 Å². The van der Waals surface area contributed by atoms with Crippen molar-refractivity contribution in [2.24, 2.45) is 0 Å². The Morgan fingerprint density at radius 2 is 1.86 bits per heavy atom. The van der Waals surface area contributed by atoms with E-state index in [-0.39, 0.29) is 6.10 Å². The van der Waals surface area contributed by atoms with Crippen LogP contribution in [0.4, 0.5) is 0 Å². The number of benzene rings is 2. The first-order valence-electron chi connectivity index (χ1n) is 7.77. The van der Waals surface area contributed by atoms with Gasteiger partial charge in [0.05, 0.1) is 12.7 Å². The van der Waals surface area contributed by atoms with E-state index in [0.717, 1.165) is 25.9 Å². The van der Waals surface area contributed by atoms with Crippen molar-refractivity contribution in [2.45, 2.75) is 31.4 Å². The summed E-state index contributed by atoms with van der Waals surface area (Å²) < 4.78 is 6.03. The lowest BCUT2D eigenvalue weighted by atomic mass is 9.91. The Balaban J connectivity index is 1.70. The largest absolute Gasteiger partial charge is 0.373 e. The van der Waals surface area contributed by atoms with E-state index in [0.29, 0.717) is 6.04 Å². The van der Waals surface area contributed by atoms with E-state index in [1.165, 1.54) is 16.7 Å². The zero-order chi connectivity index (χ0) is 14.5. The van der Waals surface area contributed by atoms with E-state index >= 15 is 0 Å². The molecule has 0 aliphatic carbocycles. The van der Waals surface area contributed by atoms with E-state index < -0.39 is 0 Å². The Morgan fingerprint density at radius 1 is 1.10 bits per heavy atom. The molecule has 21 heavy (non-hydrogen) atoms. The van der Waals surface area contributed by atoms with E-state index in [9.17, 15) is 0 Å². The van der Waals surface area contributed by atoms with Crippen molar-refractivity contribution in [3.05, 3.63) is 71.3 Å². The summed E-state index contributed by atoms with van der Waals surface area (Å²) in [6.45, 7) is 0.837. The van der Waals surface area contributed by atoms with Crippen LogP contribution in [0.5, 0.6) is 0 Å². The monoisotopic (exact) mass is 281 g/mol. The lowest BCUT2D eigenvalue weighted by Crippen LogP contribution is -2.31. The number of fused-ring (bicyclic) bond motifs is 1. The van der Waals surface area contributed by atoms with Gasteiger partial charge >= 0.3 is 0 Å². The molecule has 3 rings (SSSR count). The fraction of sp³-hybridized carbons (Fsp3) is 0.368. The molecule has 0 fully saturated rings. The molecule has 0 spiro atoms. The summed E-state index contributed by atoms with van der Waals surface area (Å²) in [7, 11) is 2.04. The van der Waals surface area contributed by atoms with Crippen LogP contribution < -0.4 is 5.32 Å². The average Bonchev–Trinajstić information content (AvgIpc) is 2.55. The summed E-state index contributed by atoms with van der Waals surface area (Å²) in [6.07, 6.45) is 3.31. The van der Waals surface area contributed by atoms with Gasteiger partial charge in [0.25, 0.3) is 0 Å². The molecule has 0 aromatic heterocycles. The highest BCUT2D eigenvalue weighted by atomic mass is 16.5. The fourth-order valence-corrected chi connectivity index (χ4v) is 3.13. The maximum absolute atomic E-state index is 6.03. The number of hydrogen-bond donors (Lipinski definition) is 1. The third-order valence-corrected chi connectivity index (χ3v) is 4.32. The standard InChI is InChI=1S/C19H23NO/c1-20-17(13-15-7-3-2-4-8-15)14-19-18-10-6-5-9-16(18)11-12-21-19/h2-10,17,19-20H,11-14H2,1H3. The van der Waals surface area contributed by atoms with Gasteiger partial charge in [-0.3, -0.25) is 0 Å². The molecule has 2 unspecified atom stereocenters. The van der Waals surface area contributed by atoms with Crippen LogP contribution >= 0.6 is 0 Å². The molecule has 1 N–H and O–H groups in total. The van der Waals surface area contributed by atoms with Gasteiger partial charge in [0.15, 0.2) is 0 Å². The molecule has 1 aliphatic rings. The van der Waals surface area contributed by atoms with Crippen molar-refractivity contribution >= 4 is 0 Å². The van der Waals surface area contributed by atoms with Crippen molar-refractivity contribution in [3.8, 4) is 0 Å². The number of likely N-dealkylation sites (N-methyl/N-ethyl adjacent to an activating group) is 1. The third kappa shape index (κ3) is 3.52. The van der Waals surface area contributed by atoms with Gasteiger partial charge in [-0.25, -0.2) is 0 Å². The number of hydrogen-bond acceptors (Lipinski definition) is 2. The minimum atomic E-state index is 0.219. The van der Waals surface area contributed by atoms with E-state index in [1.807, 2.05) is 7.05 Å². The molecule has 0 saturated heterocycles. The molecule has 2 heteroatoms. The summed E-state index contributed by atoms with van der Waals surface area (Å²) in [4.78, 5) is 0. The smallest absolute Gasteiger partial charge is 0.0842 e. The zero-order valence-corrected chi connectivity index (χ0v) is 12.6. The lowest BCUT2D eigenvalue weighted by Gasteiger charge is -2.29. The molecule has 0 saturated carbocycles. The normalized spacial score (nSPS) is 19.0. The van der Waals surface area contributed by atoms with Gasteiger partial charge < -0.3 is 10.1 Å². The Labute approximate surface area is 127 Å². The molecular formula is C19H23NO. The third-order valence-electron chi connectivity index (χ3n) is 4.32. The minimum Gasteiger partial charge on any atom is -0.373 e. The molecule has 1 heterocycles. The Hall–Kier alpha value is -1.64. The maximum atomic E-state index is 6.03. The molecule has 2 nitrogen and oxygen atoms in total. The molecule has 0 bridgehead atoms. The highest BCUT2D eigenvalue weighted by Crippen LogP contribution is 2.30. The second-order valence-electron chi connectivity index (χ2n) is 5.72. The van der Waals surface area contributed by atoms with Crippen molar-refractivity contribution in [2.75, 3.05) is 13.7 Å². The second kappa shape index (κ2) is 6.88. The molecule has 2 aromatic rings. The Bertz CT molecular complexity index is 567. The second-order valence-corrected chi connectivity index (χ2v) is 5.72. The minimum absolute atomic E-state index is 0.219. The van der Waals surface area contributed by atoms with Crippen LogP contribution in [0, 0.1) is 0 Å². The van der Waals surface area contributed by atoms with Gasteiger partial charge in [-0.05, 0) is 43.0 Å². The number of rotatable bonds is 5. The van der Waals surface area contributed by atoms with E-state index in [4.69, 9.17) is 4.74 Å². The van der Waals surface area contributed by atoms with Crippen LogP contribution in [-0.4, -0.2) is 19.7 Å². The van der Waals surface area contributed by atoms with Gasteiger partial charge in [-0.15, -0.1) is 0 Å². The first-order chi connectivity index (χ1) is 10.4. The summed E-state index contributed by atoms with van der Waals surface area (Å²) >= 11 is 0. The molecule has 2 atom stereocenters. The van der Waals surface area contributed by atoms with Gasteiger partial charge in [0.1, 0.15) is 0 Å². The molecule has 110 valence electrons. The SMILES string of the molecule is CNC(Cc1ccccc1)CC1OCCc2ccccc21. The van der Waals surface area contributed by atoms with Crippen molar-refractivity contribution in [3.63, 3.8) is 0 Å². The van der Waals surface area contributed by atoms with Crippen LogP contribution in [0.3, 0.4) is 0 Å². The van der Waals surface area contributed by atoms with Crippen LogP contribution in [0.1, 0.15) is 29.2 Å². The van der Waals surface area contributed by atoms with Crippen LogP contribution in [0.25, 0.3) is 0 Å². The highest BCUT2D eigenvalue weighted by Gasteiger charge is 2.23. The summed E-state index contributed by atoms with van der Waals surface area (Å²) in [5, 5.41) is 3.45. The number of ether oxygens (including phenoxy) is 1. The molecule has 1 aliphatic heterocycles. The van der Waals surface area contributed by atoms with Crippen LogP contribution in [0.15, 0.2) is 54.6 Å². The van der Waals surface area contributed by atoms with E-state index in [1.54, 1.807) is 0 Å². The van der Waals surface area contributed by atoms with Gasteiger partial charge in [-0.2, -0.15) is 0 Å². The van der Waals surface area contributed by atoms with Crippen molar-refractivity contribution < 1.29 is 4.74 Å². The average molecular weight is 281 g/mol. The topological polar surface area (TPSA) is 21.3 Å². The van der Waals surface area contributed by atoms with Crippen LogP contribution in [0.2, 0.25) is 0 Å². The quantitative estimate of drug-likeness (QED) is 0.905. The first kappa shape index (κ1) is 14.3. The maximum Gasteiger partial charge on any atom is 0.0842 e. The molecule has 0 amide bonds. The first-order valence-corrected chi connectivity index (χ1v) is 7.77. The Morgan fingerprint density at radius 3 is 2.67 bits per heavy atom. The highest BCUT2D eigenvalue weighted by molar-refractivity contribution is 5.31. The lowest BCUT2D eigenvalue weighted by molar-refractivity contribution is 0.0300. The number of nitrogens with one attached hydrogen (secondary N) is 1. The fourth-order valence-electron chi connectivity index (χ4n) is 3.13. The van der Waals surface area contributed by atoms with Crippen molar-refractivity contribution in [1.29, 1.82) is 0 Å².